The van der Waals surface area contributed by atoms with Crippen LogP contribution in [-0.4, -0.2) is 66.6 Å². The van der Waals surface area contributed by atoms with E-state index in [4.69, 9.17) is 18.9 Å². The fraction of sp³-hybridized carbons (Fsp3) is 0.692. The number of carbonyl (C=O) groups excluding carboxylic acids is 2. The largest absolute Gasteiger partial charge is 0.468 e. The summed E-state index contributed by atoms with van der Waals surface area (Å²) in [7, 11) is 2.53. The first-order chi connectivity index (χ1) is 22.2. The predicted molar refractivity (Wildman–Crippen MR) is 178 cm³/mol. The SMILES string of the molecule is CCC1(O)CCC2C3CCC4(O)CC5(CCC4=C3C(c3ccc(C=CCC(C(=O)OC)C(=O)OC)cc3)CC21C)OCC(C)(C)CO5. The molecule has 258 valence electrons. The second kappa shape index (κ2) is 12.4. The lowest BCUT2D eigenvalue weighted by atomic mass is 9.49. The molecule has 1 heterocycles. The van der Waals surface area contributed by atoms with Gasteiger partial charge in [0.15, 0.2) is 11.7 Å². The zero-order valence-electron chi connectivity index (χ0n) is 29.1. The number of methoxy groups -OCH3 is 2. The van der Waals surface area contributed by atoms with Gasteiger partial charge in [-0.05, 0) is 79.9 Å². The molecule has 47 heavy (non-hydrogen) atoms. The number of aliphatic hydroxyl groups is 2. The molecule has 4 fully saturated rings. The zero-order chi connectivity index (χ0) is 33.8. The van der Waals surface area contributed by atoms with Crippen LogP contribution in [0.2, 0.25) is 0 Å². The Hall–Kier alpha value is -2.52. The lowest BCUT2D eigenvalue weighted by Crippen LogP contribution is -2.58. The molecule has 0 bridgehead atoms. The highest BCUT2D eigenvalue weighted by Gasteiger charge is 2.64. The fourth-order valence-electron chi connectivity index (χ4n) is 9.98. The van der Waals surface area contributed by atoms with Crippen LogP contribution in [0.25, 0.3) is 6.08 Å². The average molecular weight is 651 g/mol. The topological polar surface area (TPSA) is 112 Å². The van der Waals surface area contributed by atoms with E-state index in [1.807, 2.05) is 6.08 Å². The van der Waals surface area contributed by atoms with E-state index in [1.54, 1.807) is 6.08 Å². The van der Waals surface area contributed by atoms with Crippen molar-refractivity contribution in [2.45, 2.75) is 115 Å². The van der Waals surface area contributed by atoms with Crippen molar-refractivity contribution < 1.29 is 38.7 Å². The van der Waals surface area contributed by atoms with Gasteiger partial charge in [-0.1, -0.05) is 69.7 Å². The van der Waals surface area contributed by atoms with E-state index in [0.717, 1.165) is 50.5 Å². The van der Waals surface area contributed by atoms with Crippen molar-refractivity contribution in [3.8, 4) is 0 Å². The number of hydrogen-bond acceptors (Lipinski definition) is 8. The van der Waals surface area contributed by atoms with Crippen LogP contribution >= 0.6 is 0 Å². The standard InChI is InChI=1S/C39H54O8/c1-7-38(43)19-16-30-27-15-18-37(42)22-39(46-23-35(2,3)24-47-39)20-17-31(37)32(27)29(21-36(30,38)4)26-13-11-25(12-14-26)9-8-10-28(33(40)44-5)34(41)45-6/h8-9,11-14,27-30,42-43H,7,10,15-24H2,1-6H3. The number of esters is 2. The third-order valence-corrected chi connectivity index (χ3v) is 12.8. The molecule has 0 amide bonds. The van der Waals surface area contributed by atoms with Gasteiger partial charge in [-0.2, -0.15) is 0 Å². The summed E-state index contributed by atoms with van der Waals surface area (Å²) in [5, 5.41) is 24.5. The number of hydrogen-bond donors (Lipinski definition) is 2. The van der Waals surface area contributed by atoms with E-state index in [0.29, 0.717) is 37.9 Å². The zero-order valence-corrected chi connectivity index (χ0v) is 29.1. The molecule has 6 unspecified atom stereocenters. The molecule has 0 aromatic heterocycles. The van der Waals surface area contributed by atoms with E-state index in [2.05, 4.69) is 52.0 Å². The summed E-state index contributed by atoms with van der Waals surface area (Å²) in [5.41, 5.74) is 2.82. The summed E-state index contributed by atoms with van der Waals surface area (Å²) in [6, 6.07) is 8.49. The van der Waals surface area contributed by atoms with Crippen molar-refractivity contribution in [1.82, 2.24) is 0 Å². The number of benzene rings is 1. The molecule has 5 aliphatic rings. The molecular weight excluding hydrogens is 596 g/mol. The molecule has 1 saturated heterocycles. The van der Waals surface area contributed by atoms with Crippen LogP contribution in [-0.2, 0) is 28.5 Å². The average Bonchev–Trinajstić information content (AvgIpc) is 3.33. The Morgan fingerprint density at radius 1 is 0.979 bits per heavy atom. The van der Waals surface area contributed by atoms with Gasteiger partial charge < -0.3 is 29.2 Å². The van der Waals surface area contributed by atoms with Gasteiger partial charge in [-0.15, -0.1) is 0 Å². The Balaban J connectivity index is 1.32. The van der Waals surface area contributed by atoms with Gasteiger partial charge in [0.05, 0.1) is 38.6 Å². The first kappa shape index (κ1) is 34.3. The molecule has 6 rings (SSSR count). The highest BCUT2D eigenvalue weighted by Crippen LogP contribution is 2.68. The number of ether oxygens (including phenoxy) is 4. The Morgan fingerprint density at radius 3 is 2.26 bits per heavy atom. The predicted octanol–water partition coefficient (Wildman–Crippen LogP) is 6.49. The van der Waals surface area contributed by atoms with E-state index in [9.17, 15) is 19.8 Å². The van der Waals surface area contributed by atoms with Crippen molar-refractivity contribution in [1.29, 1.82) is 0 Å². The Labute approximate surface area is 279 Å². The van der Waals surface area contributed by atoms with Gasteiger partial charge in [0, 0.05) is 29.6 Å². The summed E-state index contributed by atoms with van der Waals surface area (Å²) in [6.07, 6.45) is 10.9. The molecule has 8 nitrogen and oxygen atoms in total. The van der Waals surface area contributed by atoms with Gasteiger partial charge in [-0.25, -0.2) is 0 Å². The third-order valence-electron chi connectivity index (χ3n) is 12.8. The van der Waals surface area contributed by atoms with Gasteiger partial charge >= 0.3 is 11.9 Å². The summed E-state index contributed by atoms with van der Waals surface area (Å²) < 4.78 is 22.4. The lowest BCUT2D eigenvalue weighted by molar-refractivity contribution is -0.322. The third kappa shape index (κ3) is 5.91. The molecule has 6 atom stereocenters. The molecule has 1 spiro atoms. The van der Waals surface area contributed by atoms with Crippen molar-refractivity contribution >= 4 is 18.0 Å². The summed E-state index contributed by atoms with van der Waals surface area (Å²) in [6.45, 7) is 10.0. The van der Waals surface area contributed by atoms with Crippen molar-refractivity contribution in [3.05, 3.63) is 52.6 Å². The Morgan fingerprint density at radius 2 is 1.64 bits per heavy atom. The second-order valence-electron chi connectivity index (χ2n) is 16.0. The fourth-order valence-corrected chi connectivity index (χ4v) is 9.98. The molecule has 0 radical (unpaired) electrons. The number of fused-ring (bicyclic) bond motifs is 4. The molecule has 1 aliphatic heterocycles. The highest BCUT2D eigenvalue weighted by atomic mass is 16.7. The van der Waals surface area contributed by atoms with E-state index in [-0.39, 0.29) is 23.2 Å². The minimum absolute atomic E-state index is 0.0342. The minimum Gasteiger partial charge on any atom is -0.468 e. The summed E-state index contributed by atoms with van der Waals surface area (Å²) >= 11 is 0. The molecule has 4 aliphatic carbocycles. The molecule has 2 N–H and O–H groups in total. The normalized spacial score (nSPS) is 35.8. The van der Waals surface area contributed by atoms with Crippen molar-refractivity contribution in [2.24, 2.45) is 28.6 Å². The first-order valence-corrected chi connectivity index (χ1v) is 17.6. The maximum Gasteiger partial charge on any atom is 0.320 e. The maximum absolute atomic E-state index is 12.5. The molecule has 8 heteroatoms. The van der Waals surface area contributed by atoms with Crippen LogP contribution in [0.4, 0.5) is 0 Å². The molecule has 1 aromatic carbocycles. The van der Waals surface area contributed by atoms with Gasteiger partial charge in [-0.3, -0.25) is 9.59 Å². The van der Waals surface area contributed by atoms with Gasteiger partial charge in [0.1, 0.15) is 0 Å². The summed E-state index contributed by atoms with van der Waals surface area (Å²) in [5.74, 6) is -2.17. The summed E-state index contributed by atoms with van der Waals surface area (Å²) in [4.78, 5) is 24.2. The van der Waals surface area contributed by atoms with Crippen LogP contribution in [0.3, 0.4) is 0 Å². The molecule has 3 saturated carbocycles. The van der Waals surface area contributed by atoms with Gasteiger partial charge in [0.25, 0.3) is 0 Å². The monoisotopic (exact) mass is 650 g/mol. The first-order valence-electron chi connectivity index (χ1n) is 17.6. The Bertz CT molecular complexity index is 1400. The van der Waals surface area contributed by atoms with E-state index in [1.165, 1.54) is 30.9 Å². The van der Waals surface area contributed by atoms with Crippen molar-refractivity contribution in [2.75, 3.05) is 27.4 Å². The van der Waals surface area contributed by atoms with Crippen LogP contribution in [0.1, 0.15) is 109 Å². The van der Waals surface area contributed by atoms with Crippen LogP contribution in [0.15, 0.2) is 41.5 Å². The van der Waals surface area contributed by atoms with Gasteiger partial charge in [0.2, 0.25) is 0 Å². The molecular formula is C39H54O8. The minimum atomic E-state index is -0.999. The van der Waals surface area contributed by atoms with Crippen LogP contribution in [0.5, 0.6) is 0 Å². The van der Waals surface area contributed by atoms with E-state index < -0.39 is 34.8 Å². The van der Waals surface area contributed by atoms with Crippen LogP contribution in [0, 0.1) is 28.6 Å². The number of allylic oxidation sites excluding steroid dienone is 2. The maximum atomic E-state index is 12.5. The smallest absolute Gasteiger partial charge is 0.320 e. The number of carbonyl (C=O) groups is 2. The lowest BCUT2D eigenvalue weighted by Gasteiger charge is -2.58. The quantitative estimate of drug-likeness (QED) is 0.196. The van der Waals surface area contributed by atoms with Crippen molar-refractivity contribution in [3.63, 3.8) is 0 Å². The highest BCUT2D eigenvalue weighted by molar-refractivity contribution is 5.95. The van der Waals surface area contributed by atoms with E-state index >= 15 is 0 Å². The molecule has 1 aromatic rings. The number of rotatable bonds is 7. The second-order valence-corrected chi connectivity index (χ2v) is 16.0. The Kier molecular flexibility index (Phi) is 9.08. The van der Waals surface area contributed by atoms with Crippen LogP contribution < -0.4 is 0 Å².